The first-order chi connectivity index (χ1) is 8.13. The molecule has 0 amide bonds. The molecule has 0 fully saturated rings. The maximum absolute atomic E-state index is 10.4. The molecule has 0 atom stereocenters. The lowest BCUT2D eigenvalue weighted by Crippen LogP contribution is -2.02. The van der Waals surface area contributed by atoms with E-state index in [0.717, 1.165) is 5.39 Å². The Hall–Kier alpha value is -2.37. The summed E-state index contributed by atoms with van der Waals surface area (Å²) in [6.07, 6.45) is -1.37. The largest absolute Gasteiger partial charge is 0.512 e. The first-order valence-electron chi connectivity index (χ1n) is 4.79. The maximum atomic E-state index is 10.4. The zero-order chi connectivity index (χ0) is 12.4. The van der Waals surface area contributed by atoms with E-state index < -0.39 is 6.16 Å². The molecule has 6 heteroatoms. The van der Waals surface area contributed by atoms with Gasteiger partial charge in [-0.1, -0.05) is 0 Å². The highest BCUT2D eigenvalue weighted by Crippen LogP contribution is 2.33. The zero-order valence-corrected chi connectivity index (χ0v) is 9.31. The summed E-state index contributed by atoms with van der Waals surface area (Å²) in [4.78, 5) is 13.2. The fraction of sp³-hybridized carbons (Fsp3) is 0.182. The van der Waals surface area contributed by atoms with Gasteiger partial charge in [-0.3, -0.25) is 0 Å². The van der Waals surface area contributed by atoms with E-state index in [9.17, 15) is 4.79 Å². The summed E-state index contributed by atoms with van der Waals surface area (Å²) in [6, 6.07) is 5.00. The van der Waals surface area contributed by atoms with E-state index in [1.807, 2.05) is 0 Å². The third-order valence-corrected chi connectivity index (χ3v) is 2.30. The Balaban J connectivity index is 2.54. The average Bonchev–Trinajstić information content (AvgIpc) is 2.68. The van der Waals surface area contributed by atoms with E-state index in [1.165, 1.54) is 14.2 Å². The summed E-state index contributed by atoms with van der Waals surface area (Å²) >= 11 is 0. The minimum Gasteiger partial charge on any atom is -0.497 e. The average molecular weight is 237 g/mol. The van der Waals surface area contributed by atoms with Crippen molar-refractivity contribution in [1.82, 2.24) is 4.98 Å². The van der Waals surface area contributed by atoms with Gasteiger partial charge < -0.3 is 24.3 Å². The van der Waals surface area contributed by atoms with Crippen molar-refractivity contribution in [3.05, 3.63) is 18.2 Å². The number of nitrogens with one attached hydrogen (secondary N) is 1. The van der Waals surface area contributed by atoms with E-state index >= 15 is 0 Å². The van der Waals surface area contributed by atoms with Crippen molar-refractivity contribution in [2.45, 2.75) is 0 Å². The predicted molar refractivity (Wildman–Crippen MR) is 60.1 cm³/mol. The van der Waals surface area contributed by atoms with Crippen molar-refractivity contribution in [1.29, 1.82) is 0 Å². The van der Waals surface area contributed by atoms with Gasteiger partial charge in [-0.05, 0) is 0 Å². The second-order valence-electron chi connectivity index (χ2n) is 3.29. The number of methoxy groups -OCH3 is 2. The van der Waals surface area contributed by atoms with Crippen LogP contribution in [0.4, 0.5) is 4.79 Å². The summed E-state index contributed by atoms with van der Waals surface area (Å²) in [7, 11) is 3.07. The highest BCUT2D eigenvalue weighted by molar-refractivity contribution is 5.89. The number of carbonyl (C=O) groups is 1. The van der Waals surface area contributed by atoms with Crippen LogP contribution in [0.1, 0.15) is 0 Å². The summed E-state index contributed by atoms with van der Waals surface area (Å²) in [6.45, 7) is 0. The van der Waals surface area contributed by atoms with E-state index in [1.54, 1.807) is 18.2 Å². The number of benzene rings is 1. The number of aromatic amines is 1. The first-order valence-corrected chi connectivity index (χ1v) is 4.79. The molecule has 1 aromatic carbocycles. The summed E-state index contributed by atoms with van der Waals surface area (Å²) < 4.78 is 14.8. The number of fused-ring (bicyclic) bond motifs is 1. The van der Waals surface area contributed by atoms with Gasteiger partial charge in [-0.25, -0.2) is 4.79 Å². The van der Waals surface area contributed by atoms with Gasteiger partial charge in [0.15, 0.2) is 0 Å². The lowest BCUT2D eigenvalue weighted by atomic mass is 10.2. The minimum absolute atomic E-state index is 0.138. The topological polar surface area (TPSA) is 80.8 Å². The van der Waals surface area contributed by atoms with Crippen LogP contribution >= 0.6 is 0 Å². The van der Waals surface area contributed by atoms with Gasteiger partial charge in [-0.15, -0.1) is 0 Å². The third kappa shape index (κ3) is 2.10. The molecule has 2 N–H and O–H groups in total. The smallest absolute Gasteiger partial charge is 0.497 e. The lowest BCUT2D eigenvalue weighted by Gasteiger charge is -2.04. The fourth-order valence-corrected chi connectivity index (χ4v) is 1.59. The molecule has 0 aliphatic rings. The molecule has 2 aromatic rings. The van der Waals surface area contributed by atoms with Crippen molar-refractivity contribution in [2.75, 3.05) is 14.2 Å². The Labute approximate surface area is 96.7 Å². The molecular formula is C11H11NO5. The molecule has 0 aliphatic heterocycles. The molecule has 0 saturated heterocycles. The molecular weight excluding hydrogens is 226 g/mol. The number of hydrogen-bond acceptors (Lipinski definition) is 4. The van der Waals surface area contributed by atoms with Crippen molar-refractivity contribution in [2.24, 2.45) is 0 Å². The van der Waals surface area contributed by atoms with E-state index in [4.69, 9.17) is 14.6 Å². The summed E-state index contributed by atoms with van der Waals surface area (Å²) in [5.41, 5.74) is 0.678. The van der Waals surface area contributed by atoms with Gasteiger partial charge in [0, 0.05) is 23.6 Å². The highest BCUT2D eigenvalue weighted by atomic mass is 16.7. The molecule has 0 bridgehead atoms. The Morgan fingerprint density at radius 3 is 2.59 bits per heavy atom. The molecule has 0 unspecified atom stereocenters. The Bertz CT molecular complexity index is 560. The standard InChI is InChI=1S/C11H11NO5/c1-15-6-3-8-7(9(4-6)16-2)5-10(12-8)17-11(13)14/h3-5,12H,1-2H3,(H,13,14). The van der Waals surface area contributed by atoms with Crippen LogP contribution in [0.3, 0.4) is 0 Å². The van der Waals surface area contributed by atoms with Crippen LogP contribution in [0.2, 0.25) is 0 Å². The van der Waals surface area contributed by atoms with Crippen molar-refractivity contribution >= 4 is 17.1 Å². The molecule has 0 aliphatic carbocycles. The van der Waals surface area contributed by atoms with Crippen LogP contribution in [0.25, 0.3) is 10.9 Å². The van der Waals surface area contributed by atoms with Gasteiger partial charge in [-0.2, -0.15) is 0 Å². The predicted octanol–water partition coefficient (Wildman–Crippen LogP) is 2.24. The van der Waals surface area contributed by atoms with Gasteiger partial charge in [0.05, 0.1) is 19.7 Å². The summed E-state index contributed by atoms with van der Waals surface area (Å²) in [5.74, 6) is 1.33. The number of aromatic nitrogens is 1. The van der Waals surface area contributed by atoms with Gasteiger partial charge in [0.25, 0.3) is 0 Å². The Morgan fingerprint density at radius 2 is 2.00 bits per heavy atom. The molecule has 1 aromatic heterocycles. The van der Waals surface area contributed by atoms with Crippen LogP contribution < -0.4 is 14.2 Å². The SMILES string of the molecule is COc1cc(OC)c2cc(OC(=O)O)[nH]c2c1. The van der Waals surface area contributed by atoms with Gasteiger partial charge in [0.2, 0.25) is 5.88 Å². The van der Waals surface area contributed by atoms with Crippen molar-refractivity contribution < 1.29 is 24.1 Å². The normalized spacial score (nSPS) is 10.2. The van der Waals surface area contributed by atoms with Crippen LogP contribution in [0.5, 0.6) is 17.4 Å². The molecule has 0 radical (unpaired) electrons. The van der Waals surface area contributed by atoms with Crippen LogP contribution in [0.15, 0.2) is 18.2 Å². The molecule has 2 rings (SSSR count). The Morgan fingerprint density at radius 1 is 1.24 bits per heavy atom. The number of ether oxygens (including phenoxy) is 3. The fourth-order valence-electron chi connectivity index (χ4n) is 1.59. The third-order valence-electron chi connectivity index (χ3n) is 2.30. The van der Waals surface area contributed by atoms with Crippen LogP contribution in [-0.2, 0) is 0 Å². The first kappa shape index (κ1) is 11.1. The molecule has 0 spiro atoms. The Kier molecular flexibility index (Phi) is 2.78. The van der Waals surface area contributed by atoms with E-state index in [2.05, 4.69) is 9.72 Å². The number of carboxylic acid groups (broad SMARTS) is 1. The molecule has 0 saturated carbocycles. The molecule has 1 heterocycles. The van der Waals surface area contributed by atoms with Gasteiger partial charge in [0.1, 0.15) is 11.5 Å². The number of rotatable bonds is 3. The van der Waals surface area contributed by atoms with Crippen molar-refractivity contribution in [3.8, 4) is 17.4 Å². The number of H-pyrrole nitrogens is 1. The highest BCUT2D eigenvalue weighted by Gasteiger charge is 2.11. The number of hydrogen-bond donors (Lipinski definition) is 2. The van der Waals surface area contributed by atoms with E-state index in [0.29, 0.717) is 17.0 Å². The van der Waals surface area contributed by atoms with Crippen LogP contribution in [-0.4, -0.2) is 30.5 Å². The monoisotopic (exact) mass is 237 g/mol. The quantitative estimate of drug-likeness (QED) is 0.800. The molecule has 90 valence electrons. The van der Waals surface area contributed by atoms with E-state index in [-0.39, 0.29) is 5.88 Å². The minimum atomic E-state index is -1.37. The maximum Gasteiger partial charge on any atom is 0.512 e. The molecule has 6 nitrogen and oxygen atoms in total. The second kappa shape index (κ2) is 4.25. The molecule has 17 heavy (non-hydrogen) atoms. The van der Waals surface area contributed by atoms with Crippen LogP contribution in [0, 0.1) is 0 Å². The van der Waals surface area contributed by atoms with Gasteiger partial charge >= 0.3 is 6.16 Å². The second-order valence-corrected chi connectivity index (χ2v) is 3.29. The summed E-state index contributed by atoms with van der Waals surface area (Å²) in [5, 5.41) is 9.25. The lowest BCUT2D eigenvalue weighted by molar-refractivity contribution is 0.143. The zero-order valence-electron chi connectivity index (χ0n) is 9.31. The van der Waals surface area contributed by atoms with Crippen molar-refractivity contribution in [3.63, 3.8) is 0 Å².